The van der Waals surface area contributed by atoms with E-state index in [0.29, 0.717) is 13.1 Å². The molecule has 1 aliphatic heterocycles. The summed E-state index contributed by atoms with van der Waals surface area (Å²) < 4.78 is 0. The minimum Gasteiger partial charge on any atom is -0.579 e. The van der Waals surface area contributed by atoms with Crippen molar-refractivity contribution in [1.29, 1.82) is 0 Å². The second-order valence-electron chi connectivity index (χ2n) is 1.86. The average molecular weight is 200 g/mol. The van der Waals surface area contributed by atoms with Gasteiger partial charge in [0.05, 0.1) is 0 Å². The summed E-state index contributed by atoms with van der Waals surface area (Å²) in [6.07, 6.45) is 0. The molecule has 0 saturated carbocycles. The molecular formula is C4H8N3ORb. The van der Waals surface area contributed by atoms with Gasteiger partial charge in [-0.05, 0) is 0 Å². The van der Waals surface area contributed by atoms with Crippen LogP contribution < -0.4 is 58.2 Å². The van der Waals surface area contributed by atoms with Crippen molar-refractivity contribution < 1.29 is 63.0 Å². The number of nitrogens with zero attached hydrogens (tertiary/aromatic N) is 2. The van der Waals surface area contributed by atoms with Crippen molar-refractivity contribution in [3.63, 3.8) is 0 Å². The zero-order chi connectivity index (χ0) is 6.15. The largest absolute Gasteiger partial charge is 1.00 e. The Morgan fingerprint density at radius 1 is 1.56 bits per heavy atom. The molecule has 2 amide bonds. The third-order valence-electron chi connectivity index (χ3n) is 1.22. The van der Waals surface area contributed by atoms with E-state index in [4.69, 9.17) is 5.84 Å². The maximum absolute atomic E-state index is 10.6. The number of rotatable bonds is 0. The molecule has 1 aliphatic rings. The van der Waals surface area contributed by atoms with Gasteiger partial charge in [0.15, 0.2) is 0 Å². The van der Waals surface area contributed by atoms with Crippen LogP contribution in [0.5, 0.6) is 0 Å². The van der Waals surface area contributed by atoms with E-state index in [2.05, 4.69) is 0 Å². The van der Waals surface area contributed by atoms with Gasteiger partial charge in [-0.2, -0.15) is 0 Å². The van der Waals surface area contributed by atoms with Gasteiger partial charge in [-0.15, -0.1) is 0 Å². The topological polar surface area (TPSA) is 47.4 Å². The van der Waals surface area contributed by atoms with Gasteiger partial charge in [0, 0.05) is 20.1 Å². The maximum Gasteiger partial charge on any atom is 1.00 e. The van der Waals surface area contributed by atoms with Crippen LogP contribution in [-0.2, 0) is 0 Å². The van der Waals surface area contributed by atoms with Crippen molar-refractivity contribution in [2.45, 2.75) is 0 Å². The zero-order valence-corrected chi connectivity index (χ0v) is 10.6. The summed E-state index contributed by atoms with van der Waals surface area (Å²) >= 11 is 0. The molecule has 9 heavy (non-hydrogen) atoms. The molecular weight excluding hydrogens is 192 g/mol. The molecule has 0 unspecified atom stereocenters. The monoisotopic (exact) mass is 199 g/mol. The summed E-state index contributed by atoms with van der Waals surface area (Å²) in [7, 11) is 1.69. The van der Waals surface area contributed by atoms with Crippen molar-refractivity contribution in [2.24, 2.45) is 0 Å². The molecule has 4 nitrogen and oxygen atoms in total. The van der Waals surface area contributed by atoms with Crippen LogP contribution >= 0.6 is 0 Å². The second kappa shape index (κ2) is 4.03. The molecule has 5 heteroatoms. The number of nitrogens with one attached hydrogen (secondary N) is 1. The fraction of sp³-hybridized carbons (Fsp3) is 0.750. The average Bonchev–Trinajstić information content (AvgIpc) is 1.98. The molecule has 0 bridgehead atoms. The summed E-state index contributed by atoms with van der Waals surface area (Å²) in [6.45, 7) is 1.22. The Morgan fingerprint density at radius 3 is 2.22 bits per heavy atom. The van der Waals surface area contributed by atoms with Crippen LogP contribution in [0.3, 0.4) is 0 Å². The van der Waals surface area contributed by atoms with Gasteiger partial charge in [-0.25, -0.2) is 0 Å². The van der Waals surface area contributed by atoms with Gasteiger partial charge in [0.2, 0.25) is 0 Å². The molecule has 0 spiro atoms. The molecule has 1 N–H and O–H groups in total. The first kappa shape index (κ1) is 10.0. The molecule has 1 saturated heterocycles. The standard InChI is InChI=1S/C4H8N3O.Rb/c1-6-2-3-7(5)4(6)8;/h5H,2-3H2,1H3;/q-1;+1. The van der Waals surface area contributed by atoms with Crippen molar-refractivity contribution >= 4 is 6.03 Å². The second-order valence-corrected chi connectivity index (χ2v) is 1.86. The quantitative estimate of drug-likeness (QED) is 0.420. The van der Waals surface area contributed by atoms with Gasteiger partial charge < -0.3 is 15.8 Å². The minimum absolute atomic E-state index is 0. The van der Waals surface area contributed by atoms with Gasteiger partial charge >= 0.3 is 64.2 Å². The Labute approximate surface area is 103 Å². The Bertz CT molecular complexity index is 106. The number of carbonyl (C=O) groups excluding carboxylic acids is 1. The number of amides is 2. The van der Waals surface area contributed by atoms with Crippen LogP contribution in [-0.4, -0.2) is 36.1 Å². The number of urea groups is 1. The third-order valence-corrected chi connectivity index (χ3v) is 1.22. The molecule has 0 atom stereocenters. The van der Waals surface area contributed by atoms with E-state index in [1.165, 1.54) is 4.90 Å². The SMILES string of the molecule is CN1CCN([NH-])C1=O.[Rb+]. The van der Waals surface area contributed by atoms with Crippen molar-refractivity contribution in [3.05, 3.63) is 5.84 Å². The van der Waals surface area contributed by atoms with Gasteiger partial charge in [-0.1, -0.05) is 0 Å². The van der Waals surface area contributed by atoms with Gasteiger partial charge in [-0.3, -0.25) is 4.79 Å². The van der Waals surface area contributed by atoms with Crippen LogP contribution in [0.2, 0.25) is 0 Å². The smallest absolute Gasteiger partial charge is 0.579 e. The number of likely N-dealkylation sites (N-methyl/N-ethyl adjacent to an activating group) is 1. The Hall–Kier alpha value is 1.04. The zero-order valence-electron chi connectivity index (χ0n) is 5.72. The molecule has 0 aromatic heterocycles. The first-order chi connectivity index (χ1) is 3.72. The van der Waals surface area contributed by atoms with Crippen LogP contribution in [0.15, 0.2) is 0 Å². The van der Waals surface area contributed by atoms with E-state index >= 15 is 0 Å². The van der Waals surface area contributed by atoms with E-state index < -0.39 is 0 Å². The summed E-state index contributed by atoms with van der Waals surface area (Å²) in [5.41, 5.74) is 0. The number of carbonyl (C=O) groups is 1. The first-order valence-corrected chi connectivity index (χ1v) is 2.45. The van der Waals surface area contributed by atoms with E-state index in [1.807, 2.05) is 0 Å². The van der Waals surface area contributed by atoms with E-state index in [-0.39, 0.29) is 64.2 Å². The Morgan fingerprint density at radius 2 is 2.11 bits per heavy atom. The van der Waals surface area contributed by atoms with Crippen molar-refractivity contribution in [1.82, 2.24) is 9.91 Å². The maximum atomic E-state index is 10.6. The van der Waals surface area contributed by atoms with E-state index in [9.17, 15) is 4.79 Å². The van der Waals surface area contributed by atoms with E-state index in [1.54, 1.807) is 7.05 Å². The van der Waals surface area contributed by atoms with Crippen LogP contribution in [0.25, 0.3) is 5.84 Å². The molecule has 0 aromatic carbocycles. The van der Waals surface area contributed by atoms with Crippen molar-refractivity contribution in [2.75, 3.05) is 20.1 Å². The molecule has 0 aliphatic carbocycles. The third kappa shape index (κ3) is 2.27. The summed E-state index contributed by atoms with van der Waals surface area (Å²) in [5, 5.41) is 0.958. The van der Waals surface area contributed by atoms with Crippen molar-refractivity contribution in [3.8, 4) is 0 Å². The summed E-state index contributed by atoms with van der Waals surface area (Å²) in [5.74, 6) is 6.91. The van der Waals surface area contributed by atoms with Crippen LogP contribution in [0.1, 0.15) is 0 Å². The normalized spacial score (nSPS) is 18.2. The summed E-state index contributed by atoms with van der Waals surface area (Å²) in [6, 6.07) is -0.204. The van der Waals surface area contributed by atoms with E-state index in [0.717, 1.165) is 5.01 Å². The predicted molar refractivity (Wildman–Crippen MR) is 29.1 cm³/mol. The molecule has 1 rings (SSSR count). The molecule has 0 aromatic rings. The van der Waals surface area contributed by atoms with Crippen LogP contribution in [0, 0.1) is 0 Å². The number of hydrogen-bond acceptors (Lipinski definition) is 1. The summed E-state index contributed by atoms with van der Waals surface area (Å²) in [4.78, 5) is 12.1. The fourth-order valence-electron chi connectivity index (χ4n) is 0.647. The number of hydrogen-bond donors (Lipinski definition) is 0. The fourth-order valence-corrected chi connectivity index (χ4v) is 0.647. The molecule has 46 valence electrons. The molecule has 1 heterocycles. The molecule has 1 fully saturated rings. The van der Waals surface area contributed by atoms with Crippen LogP contribution in [0.4, 0.5) is 4.79 Å². The Kier molecular flexibility index (Phi) is 4.49. The first-order valence-electron chi connectivity index (χ1n) is 2.45. The predicted octanol–water partition coefficient (Wildman–Crippen LogP) is -2.67. The molecule has 0 radical (unpaired) electrons. The Balaban J connectivity index is 0.000000640. The van der Waals surface area contributed by atoms with Gasteiger partial charge in [0.25, 0.3) is 0 Å². The minimum atomic E-state index is -0.204. The van der Waals surface area contributed by atoms with Gasteiger partial charge in [0.1, 0.15) is 0 Å².